The summed E-state index contributed by atoms with van der Waals surface area (Å²) in [5, 5.41) is 41.8. The van der Waals surface area contributed by atoms with Gasteiger partial charge in [-0.05, 0) is 12.0 Å². The van der Waals surface area contributed by atoms with Crippen molar-refractivity contribution in [1.82, 2.24) is 5.32 Å². The van der Waals surface area contributed by atoms with Gasteiger partial charge in [0.25, 0.3) is 0 Å². The minimum atomic E-state index is -1.25. The molecule has 0 radical (unpaired) electrons. The van der Waals surface area contributed by atoms with Crippen LogP contribution in [0.2, 0.25) is 0 Å². The van der Waals surface area contributed by atoms with Crippen LogP contribution >= 0.6 is 0 Å². The van der Waals surface area contributed by atoms with E-state index in [1.54, 1.807) is 0 Å². The van der Waals surface area contributed by atoms with Crippen LogP contribution in [0, 0.1) is 0 Å². The molecule has 18 heavy (non-hydrogen) atoms. The van der Waals surface area contributed by atoms with Crippen molar-refractivity contribution in [1.29, 1.82) is 0 Å². The highest BCUT2D eigenvalue weighted by molar-refractivity contribution is 5.20. The van der Waals surface area contributed by atoms with Crippen LogP contribution in [-0.4, -0.2) is 57.4 Å². The van der Waals surface area contributed by atoms with Crippen LogP contribution in [0.1, 0.15) is 5.56 Å². The minimum absolute atomic E-state index is 0.144. The Hall–Kier alpha value is -0.980. The number of nitrogens with one attached hydrogen (secondary N) is 1. The first-order chi connectivity index (χ1) is 8.59. The molecule has 5 heteroatoms. The third-order valence-electron chi connectivity index (χ3n) is 3.59. The van der Waals surface area contributed by atoms with Crippen LogP contribution < -0.4 is 5.32 Å². The van der Waals surface area contributed by atoms with Crippen molar-refractivity contribution in [2.45, 2.75) is 30.3 Å². The fourth-order valence-corrected chi connectivity index (χ4v) is 2.40. The van der Waals surface area contributed by atoms with Crippen LogP contribution in [0.3, 0.4) is 0 Å². The highest BCUT2D eigenvalue weighted by atomic mass is 16.4. The number of aliphatic hydroxyl groups excluding tert-OH is 4. The quantitative estimate of drug-likeness (QED) is 0.459. The van der Waals surface area contributed by atoms with E-state index < -0.39 is 23.9 Å². The first-order valence-corrected chi connectivity index (χ1v) is 6.03. The fraction of sp³-hybridized carbons (Fsp3) is 0.538. The molecule has 1 aliphatic heterocycles. The summed E-state index contributed by atoms with van der Waals surface area (Å²) in [6.07, 6.45) is -3.10. The maximum Gasteiger partial charge on any atom is 0.109 e. The normalized spacial score (nSPS) is 36.6. The number of β-amino-alcohol motifs (C(OH)–C–C–N with tert-alkyl or cyclic N) is 1. The molecule has 1 aliphatic rings. The first-order valence-electron chi connectivity index (χ1n) is 6.03. The lowest BCUT2D eigenvalue weighted by atomic mass is 9.79. The van der Waals surface area contributed by atoms with Crippen molar-refractivity contribution in [2.75, 3.05) is 13.2 Å². The van der Waals surface area contributed by atoms with E-state index in [0.717, 1.165) is 5.56 Å². The standard InChI is InChI=1S/C13H19NO4/c15-8-13(6-9-4-2-1-3-5-9)12(18)11(17)10(16)7-14-13/h1-5,10-12,14-18H,6-8H2/t10-,11+,12-,13-/m1/s1. The Balaban J connectivity index is 2.20. The molecule has 1 saturated heterocycles. The summed E-state index contributed by atoms with van der Waals surface area (Å²) in [7, 11) is 0. The molecular weight excluding hydrogens is 234 g/mol. The maximum atomic E-state index is 10.1. The van der Waals surface area contributed by atoms with Crippen molar-refractivity contribution < 1.29 is 20.4 Å². The second-order valence-corrected chi connectivity index (χ2v) is 4.86. The van der Waals surface area contributed by atoms with Gasteiger partial charge in [0.05, 0.1) is 18.2 Å². The molecule has 5 nitrogen and oxygen atoms in total. The molecule has 1 fully saturated rings. The van der Waals surface area contributed by atoms with E-state index in [1.807, 2.05) is 30.3 Å². The molecule has 1 aromatic carbocycles. The first kappa shape index (κ1) is 13.5. The fourth-order valence-electron chi connectivity index (χ4n) is 2.40. The number of piperidine rings is 1. The van der Waals surface area contributed by atoms with Gasteiger partial charge in [0.15, 0.2) is 0 Å². The van der Waals surface area contributed by atoms with Gasteiger partial charge in [0.1, 0.15) is 12.2 Å². The molecule has 0 spiro atoms. The van der Waals surface area contributed by atoms with Crippen LogP contribution in [0.4, 0.5) is 0 Å². The summed E-state index contributed by atoms with van der Waals surface area (Å²) >= 11 is 0. The predicted octanol–water partition coefficient (Wildman–Crippen LogP) is -1.35. The minimum Gasteiger partial charge on any atom is -0.394 e. The van der Waals surface area contributed by atoms with Crippen LogP contribution in [0.15, 0.2) is 30.3 Å². The lowest BCUT2D eigenvalue weighted by Gasteiger charge is -2.45. The van der Waals surface area contributed by atoms with Gasteiger partial charge in [0, 0.05) is 6.54 Å². The Morgan fingerprint density at radius 2 is 1.83 bits per heavy atom. The van der Waals surface area contributed by atoms with Crippen LogP contribution in [-0.2, 0) is 6.42 Å². The van der Waals surface area contributed by atoms with Crippen molar-refractivity contribution >= 4 is 0 Å². The Bertz CT molecular complexity index is 386. The van der Waals surface area contributed by atoms with E-state index in [-0.39, 0.29) is 13.2 Å². The Kier molecular flexibility index (Phi) is 3.99. The monoisotopic (exact) mass is 253 g/mol. The Labute approximate surface area is 106 Å². The molecule has 0 bridgehead atoms. The molecular formula is C13H19NO4. The van der Waals surface area contributed by atoms with Crippen molar-refractivity contribution in [3.63, 3.8) is 0 Å². The lowest BCUT2D eigenvalue weighted by Crippen LogP contribution is -2.70. The number of benzene rings is 1. The maximum absolute atomic E-state index is 10.1. The number of aliphatic hydroxyl groups is 4. The molecule has 4 atom stereocenters. The summed E-state index contributed by atoms with van der Waals surface area (Å²) in [5.74, 6) is 0. The largest absolute Gasteiger partial charge is 0.394 e. The van der Waals surface area contributed by atoms with Gasteiger partial charge in [-0.1, -0.05) is 30.3 Å². The van der Waals surface area contributed by atoms with Gasteiger partial charge in [-0.3, -0.25) is 0 Å². The Morgan fingerprint density at radius 1 is 1.17 bits per heavy atom. The summed E-state index contributed by atoms with van der Waals surface area (Å²) in [6.45, 7) is -0.168. The zero-order chi connectivity index (χ0) is 13.2. The third kappa shape index (κ3) is 2.41. The summed E-state index contributed by atoms with van der Waals surface area (Å²) in [6, 6.07) is 9.42. The number of rotatable bonds is 3. The zero-order valence-corrected chi connectivity index (χ0v) is 10.0. The molecule has 0 saturated carbocycles. The number of hydrogen-bond acceptors (Lipinski definition) is 5. The number of hydrogen-bond donors (Lipinski definition) is 5. The molecule has 1 aromatic rings. The smallest absolute Gasteiger partial charge is 0.109 e. The third-order valence-corrected chi connectivity index (χ3v) is 3.59. The average Bonchev–Trinajstić information content (AvgIpc) is 2.41. The van der Waals surface area contributed by atoms with Gasteiger partial charge < -0.3 is 25.7 Å². The van der Waals surface area contributed by atoms with Gasteiger partial charge in [-0.2, -0.15) is 0 Å². The average molecular weight is 253 g/mol. The molecule has 100 valence electrons. The van der Waals surface area contributed by atoms with E-state index in [1.165, 1.54) is 0 Å². The molecule has 2 rings (SSSR count). The van der Waals surface area contributed by atoms with Gasteiger partial charge >= 0.3 is 0 Å². The molecule has 0 aliphatic carbocycles. The second-order valence-electron chi connectivity index (χ2n) is 4.86. The Morgan fingerprint density at radius 3 is 2.44 bits per heavy atom. The van der Waals surface area contributed by atoms with Crippen molar-refractivity contribution in [2.24, 2.45) is 0 Å². The molecule has 5 N–H and O–H groups in total. The van der Waals surface area contributed by atoms with E-state index in [0.29, 0.717) is 6.42 Å². The van der Waals surface area contributed by atoms with Crippen LogP contribution in [0.25, 0.3) is 0 Å². The second kappa shape index (κ2) is 5.34. The highest BCUT2D eigenvalue weighted by Crippen LogP contribution is 2.24. The summed E-state index contributed by atoms with van der Waals surface area (Å²) in [5.41, 5.74) is -0.0679. The lowest BCUT2D eigenvalue weighted by molar-refractivity contribution is -0.133. The highest BCUT2D eigenvalue weighted by Gasteiger charge is 2.47. The molecule has 1 heterocycles. The van der Waals surface area contributed by atoms with Crippen molar-refractivity contribution in [3.05, 3.63) is 35.9 Å². The zero-order valence-electron chi connectivity index (χ0n) is 10.0. The summed E-state index contributed by atoms with van der Waals surface area (Å²) in [4.78, 5) is 0. The molecule has 0 amide bonds. The SMILES string of the molecule is OC[C@@]1(Cc2ccccc2)NC[C@@H](O)[C@H](O)[C@H]1O. The topological polar surface area (TPSA) is 93.0 Å². The predicted molar refractivity (Wildman–Crippen MR) is 66.0 cm³/mol. The molecule has 0 aromatic heterocycles. The van der Waals surface area contributed by atoms with Gasteiger partial charge in [-0.15, -0.1) is 0 Å². The van der Waals surface area contributed by atoms with Gasteiger partial charge in [-0.25, -0.2) is 0 Å². The van der Waals surface area contributed by atoms with E-state index in [2.05, 4.69) is 5.32 Å². The van der Waals surface area contributed by atoms with E-state index in [9.17, 15) is 20.4 Å². The summed E-state index contributed by atoms with van der Waals surface area (Å²) < 4.78 is 0. The van der Waals surface area contributed by atoms with Gasteiger partial charge in [0.2, 0.25) is 0 Å². The van der Waals surface area contributed by atoms with Crippen LogP contribution in [0.5, 0.6) is 0 Å². The van der Waals surface area contributed by atoms with E-state index >= 15 is 0 Å². The molecule has 0 unspecified atom stereocenters. The van der Waals surface area contributed by atoms with Crippen molar-refractivity contribution in [3.8, 4) is 0 Å². The van der Waals surface area contributed by atoms with E-state index in [4.69, 9.17) is 0 Å².